The highest BCUT2D eigenvalue weighted by atomic mass is 16.5. The molecule has 5 nitrogen and oxygen atoms in total. The first-order chi connectivity index (χ1) is 12.6. The maximum Gasteiger partial charge on any atom is 0.191 e. The van der Waals surface area contributed by atoms with E-state index in [-0.39, 0.29) is 0 Å². The molecule has 0 saturated carbocycles. The summed E-state index contributed by atoms with van der Waals surface area (Å²) in [5.41, 5.74) is 1.18. The molecule has 26 heavy (non-hydrogen) atoms. The fourth-order valence-electron chi connectivity index (χ4n) is 3.34. The predicted molar refractivity (Wildman–Crippen MR) is 110 cm³/mol. The summed E-state index contributed by atoms with van der Waals surface area (Å²) in [5, 5.41) is 6.97. The number of benzene rings is 1. The predicted octanol–water partition coefficient (Wildman–Crippen LogP) is 3.05. The van der Waals surface area contributed by atoms with Crippen LogP contribution < -0.4 is 15.4 Å². The van der Waals surface area contributed by atoms with Gasteiger partial charge in [0.1, 0.15) is 5.75 Å². The third kappa shape index (κ3) is 7.24. The van der Waals surface area contributed by atoms with Crippen LogP contribution in [0, 0.1) is 12.8 Å². The Morgan fingerprint density at radius 1 is 1.27 bits per heavy atom. The average molecular weight is 361 g/mol. The van der Waals surface area contributed by atoms with Crippen LogP contribution in [0.15, 0.2) is 29.3 Å². The van der Waals surface area contributed by atoms with Crippen molar-refractivity contribution in [1.82, 2.24) is 15.5 Å². The van der Waals surface area contributed by atoms with Gasteiger partial charge >= 0.3 is 0 Å². The second kappa shape index (κ2) is 11.1. The lowest BCUT2D eigenvalue weighted by Gasteiger charge is -2.34. The van der Waals surface area contributed by atoms with E-state index in [1.54, 1.807) is 0 Å². The van der Waals surface area contributed by atoms with E-state index in [2.05, 4.69) is 47.4 Å². The fraction of sp³-hybridized carbons (Fsp3) is 0.667. The van der Waals surface area contributed by atoms with Crippen LogP contribution in [0.25, 0.3) is 0 Å². The highest BCUT2D eigenvalue weighted by Crippen LogP contribution is 2.16. The average Bonchev–Trinajstić information content (AvgIpc) is 2.63. The molecule has 2 rings (SSSR count). The van der Waals surface area contributed by atoms with E-state index in [9.17, 15) is 0 Å². The number of hydrogen-bond donors (Lipinski definition) is 2. The number of nitrogens with one attached hydrogen (secondary N) is 2. The zero-order valence-corrected chi connectivity index (χ0v) is 16.9. The van der Waals surface area contributed by atoms with Crippen LogP contribution in [0.5, 0.6) is 5.75 Å². The summed E-state index contributed by atoms with van der Waals surface area (Å²) in [4.78, 5) is 6.93. The molecule has 0 unspecified atom stereocenters. The van der Waals surface area contributed by atoms with Crippen molar-refractivity contribution in [1.29, 1.82) is 0 Å². The number of ether oxygens (including phenoxy) is 1. The highest BCUT2D eigenvalue weighted by molar-refractivity contribution is 5.79. The molecule has 0 radical (unpaired) electrons. The number of guanidine groups is 1. The molecule has 0 amide bonds. The Bertz CT molecular complexity index is 551. The lowest BCUT2D eigenvalue weighted by molar-refractivity contribution is 0.187. The van der Waals surface area contributed by atoms with Gasteiger partial charge in [0.15, 0.2) is 5.96 Å². The highest BCUT2D eigenvalue weighted by Gasteiger charge is 2.20. The van der Waals surface area contributed by atoms with Crippen molar-refractivity contribution in [3.8, 4) is 5.75 Å². The maximum atomic E-state index is 5.84. The standard InChI is InChI=1S/C21H36N4O/c1-17(2)16-25-13-10-19(11-14-25)24-21(22-4)23-12-7-15-26-20-9-6-5-8-18(20)3/h5-6,8-9,17,19H,7,10-16H2,1-4H3,(H2,22,23,24). The van der Waals surface area contributed by atoms with Crippen molar-refractivity contribution >= 4 is 5.96 Å². The zero-order chi connectivity index (χ0) is 18.8. The van der Waals surface area contributed by atoms with Gasteiger partial charge in [-0.3, -0.25) is 4.99 Å². The van der Waals surface area contributed by atoms with Crippen molar-refractivity contribution in [2.75, 3.05) is 39.8 Å². The van der Waals surface area contributed by atoms with E-state index in [0.29, 0.717) is 12.6 Å². The van der Waals surface area contributed by atoms with Gasteiger partial charge in [-0.2, -0.15) is 0 Å². The molecule has 0 atom stereocenters. The number of hydrogen-bond acceptors (Lipinski definition) is 3. The monoisotopic (exact) mass is 360 g/mol. The van der Waals surface area contributed by atoms with Gasteiger partial charge in [-0.1, -0.05) is 32.0 Å². The molecule has 0 spiro atoms. The number of piperidine rings is 1. The molecule has 146 valence electrons. The largest absolute Gasteiger partial charge is 0.493 e. The Hall–Kier alpha value is -1.75. The van der Waals surface area contributed by atoms with Gasteiger partial charge in [0.05, 0.1) is 6.61 Å². The summed E-state index contributed by atoms with van der Waals surface area (Å²) in [6, 6.07) is 8.67. The second-order valence-corrected chi connectivity index (χ2v) is 7.58. The summed E-state index contributed by atoms with van der Waals surface area (Å²) in [6.45, 7) is 11.8. The molecule has 1 fully saturated rings. The van der Waals surface area contributed by atoms with Gasteiger partial charge in [0.2, 0.25) is 0 Å². The SMILES string of the molecule is CN=C(NCCCOc1ccccc1C)NC1CCN(CC(C)C)CC1. The molecule has 0 bridgehead atoms. The fourth-order valence-corrected chi connectivity index (χ4v) is 3.34. The Morgan fingerprint density at radius 2 is 2.00 bits per heavy atom. The summed E-state index contributed by atoms with van der Waals surface area (Å²) in [7, 11) is 1.84. The lowest BCUT2D eigenvalue weighted by atomic mass is 10.0. The number of nitrogens with zero attached hydrogens (tertiary/aromatic N) is 2. The van der Waals surface area contributed by atoms with E-state index in [1.165, 1.54) is 38.0 Å². The quantitative estimate of drug-likeness (QED) is 0.425. The van der Waals surface area contributed by atoms with Crippen molar-refractivity contribution in [2.24, 2.45) is 10.9 Å². The number of rotatable bonds is 8. The van der Waals surface area contributed by atoms with Crippen molar-refractivity contribution in [2.45, 2.75) is 46.1 Å². The van der Waals surface area contributed by atoms with Gasteiger partial charge in [-0.15, -0.1) is 0 Å². The minimum absolute atomic E-state index is 0.521. The number of aryl methyl sites for hydroxylation is 1. The van der Waals surface area contributed by atoms with Crippen LogP contribution in [0.2, 0.25) is 0 Å². The summed E-state index contributed by atoms with van der Waals surface area (Å²) >= 11 is 0. The van der Waals surface area contributed by atoms with E-state index in [0.717, 1.165) is 30.6 Å². The molecule has 1 aromatic rings. The van der Waals surface area contributed by atoms with Crippen LogP contribution in [0.4, 0.5) is 0 Å². The molecule has 1 heterocycles. The van der Waals surface area contributed by atoms with Crippen molar-refractivity contribution in [3.63, 3.8) is 0 Å². The molecule has 0 aliphatic carbocycles. The van der Waals surface area contributed by atoms with Crippen molar-refractivity contribution in [3.05, 3.63) is 29.8 Å². The summed E-state index contributed by atoms with van der Waals surface area (Å²) in [5.74, 6) is 2.63. The van der Waals surface area contributed by atoms with Crippen LogP contribution in [-0.4, -0.2) is 56.7 Å². The molecule has 5 heteroatoms. The van der Waals surface area contributed by atoms with E-state index >= 15 is 0 Å². The van der Waals surface area contributed by atoms with Gasteiger partial charge in [0.25, 0.3) is 0 Å². The van der Waals surface area contributed by atoms with Crippen LogP contribution in [-0.2, 0) is 0 Å². The number of para-hydroxylation sites is 1. The first kappa shape index (κ1) is 20.6. The first-order valence-corrected chi connectivity index (χ1v) is 9.96. The number of likely N-dealkylation sites (tertiary alicyclic amines) is 1. The topological polar surface area (TPSA) is 48.9 Å². The Morgan fingerprint density at radius 3 is 2.65 bits per heavy atom. The number of aliphatic imine (C=N–C) groups is 1. The first-order valence-electron chi connectivity index (χ1n) is 9.96. The van der Waals surface area contributed by atoms with E-state index in [1.807, 2.05) is 25.2 Å². The normalized spacial score (nSPS) is 16.7. The van der Waals surface area contributed by atoms with Gasteiger partial charge in [-0.25, -0.2) is 0 Å². The summed E-state index contributed by atoms with van der Waals surface area (Å²) < 4.78 is 5.84. The van der Waals surface area contributed by atoms with Gasteiger partial charge in [0, 0.05) is 39.3 Å². The van der Waals surface area contributed by atoms with Crippen LogP contribution in [0.1, 0.15) is 38.7 Å². The minimum atomic E-state index is 0.521. The Kier molecular flexibility index (Phi) is 8.75. The molecule has 0 aromatic heterocycles. The molecule has 1 saturated heterocycles. The van der Waals surface area contributed by atoms with Crippen molar-refractivity contribution < 1.29 is 4.74 Å². The molecule has 1 aliphatic heterocycles. The van der Waals surface area contributed by atoms with E-state index in [4.69, 9.17) is 4.74 Å². The van der Waals surface area contributed by atoms with Gasteiger partial charge < -0.3 is 20.3 Å². The summed E-state index contributed by atoms with van der Waals surface area (Å²) in [6.07, 6.45) is 3.31. The molecule has 2 N–H and O–H groups in total. The lowest BCUT2D eigenvalue weighted by Crippen LogP contribution is -2.49. The molecule has 1 aliphatic rings. The third-order valence-corrected chi connectivity index (χ3v) is 4.74. The van der Waals surface area contributed by atoms with E-state index < -0.39 is 0 Å². The Labute approximate surface area is 159 Å². The zero-order valence-electron chi connectivity index (χ0n) is 16.9. The van der Waals surface area contributed by atoms with Gasteiger partial charge in [-0.05, 0) is 43.7 Å². The Balaban J connectivity index is 1.60. The maximum absolute atomic E-state index is 5.84. The van der Waals surface area contributed by atoms with Crippen LogP contribution >= 0.6 is 0 Å². The smallest absolute Gasteiger partial charge is 0.191 e. The molecule has 1 aromatic carbocycles. The third-order valence-electron chi connectivity index (χ3n) is 4.74. The molecular formula is C21H36N4O. The minimum Gasteiger partial charge on any atom is -0.493 e. The van der Waals surface area contributed by atoms with Crippen LogP contribution in [0.3, 0.4) is 0 Å². The second-order valence-electron chi connectivity index (χ2n) is 7.58. The molecular weight excluding hydrogens is 324 g/mol.